The molecule has 0 fully saturated rings. The van der Waals surface area contributed by atoms with Gasteiger partial charge in [-0.15, -0.1) is 0 Å². The Bertz CT molecular complexity index is 613. The predicted octanol–water partition coefficient (Wildman–Crippen LogP) is 2.26. The van der Waals surface area contributed by atoms with Gasteiger partial charge in [0.25, 0.3) is 0 Å². The summed E-state index contributed by atoms with van der Waals surface area (Å²) in [6.07, 6.45) is 2.23. The van der Waals surface area contributed by atoms with Crippen LogP contribution in [0.15, 0.2) is 30.6 Å². The number of hydrogen-bond donors (Lipinski definition) is 1. The molecule has 0 aliphatic carbocycles. The van der Waals surface area contributed by atoms with Gasteiger partial charge in [0.05, 0.1) is 11.6 Å². The minimum Gasteiger partial charge on any atom is -0.383 e. The molecule has 0 bridgehead atoms. The zero-order valence-corrected chi connectivity index (χ0v) is 11.0. The third-order valence-electron chi connectivity index (χ3n) is 3.01. The summed E-state index contributed by atoms with van der Waals surface area (Å²) in [5, 5.41) is 8.80. The molecule has 0 saturated carbocycles. The van der Waals surface area contributed by atoms with E-state index in [1.807, 2.05) is 31.0 Å². The number of aromatic nitrogens is 2. The van der Waals surface area contributed by atoms with E-state index in [9.17, 15) is 0 Å². The molecule has 0 amide bonds. The van der Waals surface area contributed by atoms with Crippen LogP contribution < -0.4 is 10.6 Å². The van der Waals surface area contributed by atoms with E-state index in [4.69, 9.17) is 11.0 Å². The molecule has 96 valence electrons. The Hall–Kier alpha value is -2.61. The van der Waals surface area contributed by atoms with Crippen LogP contribution in [-0.4, -0.2) is 17.0 Å². The van der Waals surface area contributed by atoms with Crippen molar-refractivity contribution in [2.75, 3.05) is 17.7 Å². The summed E-state index contributed by atoms with van der Waals surface area (Å²) in [5.74, 6) is 1.30. The van der Waals surface area contributed by atoms with Crippen molar-refractivity contribution in [2.24, 2.45) is 0 Å². The fourth-order valence-corrected chi connectivity index (χ4v) is 1.93. The fourth-order valence-electron chi connectivity index (χ4n) is 1.93. The topological polar surface area (TPSA) is 78.8 Å². The molecule has 0 radical (unpaired) electrons. The maximum absolute atomic E-state index is 8.80. The number of nitrogens with zero attached hydrogens (tertiary/aromatic N) is 4. The first-order valence-corrected chi connectivity index (χ1v) is 6.00. The summed E-state index contributed by atoms with van der Waals surface area (Å²) in [6, 6.07) is 9.43. The molecule has 1 heterocycles. The average Bonchev–Trinajstić information content (AvgIpc) is 2.46. The van der Waals surface area contributed by atoms with Crippen molar-refractivity contribution in [1.29, 1.82) is 5.26 Å². The van der Waals surface area contributed by atoms with Crippen LogP contribution in [0, 0.1) is 11.3 Å². The van der Waals surface area contributed by atoms with Gasteiger partial charge in [0, 0.05) is 18.3 Å². The molecule has 2 aromatic rings. The van der Waals surface area contributed by atoms with E-state index in [-0.39, 0.29) is 0 Å². The zero-order valence-electron chi connectivity index (χ0n) is 11.0. The van der Waals surface area contributed by atoms with Gasteiger partial charge in [-0.05, 0) is 30.7 Å². The summed E-state index contributed by atoms with van der Waals surface area (Å²) in [7, 11) is 1.92. The summed E-state index contributed by atoms with van der Waals surface area (Å²) in [6.45, 7) is 2.02. The van der Waals surface area contributed by atoms with Gasteiger partial charge in [0.15, 0.2) is 0 Å². The normalized spacial score (nSPS) is 9.95. The molecule has 0 unspecified atom stereocenters. The van der Waals surface area contributed by atoms with Crippen LogP contribution in [0.3, 0.4) is 0 Å². The maximum atomic E-state index is 8.80. The van der Waals surface area contributed by atoms with E-state index in [0.29, 0.717) is 11.4 Å². The molecule has 5 heteroatoms. The minimum atomic E-state index is 0.507. The highest BCUT2D eigenvalue weighted by molar-refractivity contribution is 5.66. The second kappa shape index (κ2) is 5.36. The molecule has 0 atom stereocenters. The van der Waals surface area contributed by atoms with E-state index >= 15 is 0 Å². The van der Waals surface area contributed by atoms with Crippen LogP contribution in [0.1, 0.15) is 18.1 Å². The molecule has 19 heavy (non-hydrogen) atoms. The summed E-state index contributed by atoms with van der Waals surface area (Å²) < 4.78 is 0. The van der Waals surface area contributed by atoms with E-state index in [1.54, 1.807) is 12.1 Å². The van der Waals surface area contributed by atoms with Gasteiger partial charge in [0.1, 0.15) is 18.0 Å². The Kier molecular flexibility index (Phi) is 3.62. The lowest BCUT2D eigenvalue weighted by molar-refractivity contribution is 1.01. The summed E-state index contributed by atoms with van der Waals surface area (Å²) >= 11 is 0. The number of nitriles is 1. The lowest BCUT2D eigenvalue weighted by atomic mass is 10.1. The number of nitrogen functional groups attached to an aromatic ring is 1. The van der Waals surface area contributed by atoms with Crippen molar-refractivity contribution in [1.82, 2.24) is 9.97 Å². The largest absolute Gasteiger partial charge is 0.383 e. The Morgan fingerprint density at radius 2 is 1.95 bits per heavy atom. The van der Waals surface area contributed by atoms with Gasteiger partial charge in [-0.25, -0.2) is 9.97 Å². The molecule has 0 saturated heterocycles. The molecule has 1 aromatic heterocycles. The van der Waals surface area contributed by atoms with Gasteiger partial charge in [0.2, 0.25) is 0 Å². The monoisotopic (exact) mass is 253 g/mol. The van der Waals surface area contributed by atoms with Crippen molar-refractivity contribution >= 4 is 17.3 Å². The molecule has 5 nitrogen and oxygen atoms in total. The van der Waals surface area contributed by atoms with Gasteiger partial charge in [-0.2, -0.15) is 5.26 Å². The molecule has 2 N–H and O–H groups in total. The predicted molar refractivity (Wildman–Crippen MR) is 75.0 cm³/mol. The van der Waals surface area contributed by atoms with Crippen LogP contribution in [0.25, 0.3) is 0 Å². The second-order valence-electron chi connectivity index (χ2n) is 4.13. The highest BCUT2D eigenvalue weighted by Gasteiger charge is 2.12. The number of rotatable bonds is 3. The van der Waals surface area contributed by atoms with Gasteiger partial charge >= 0.3 is 0 Å². The third-order valence-corrected chi connectivity index (χ3v) is 3.01. The van der Waals surface area contributed by atoms with Crippen LogP contribution in [0.2, 0.25) is 0 Å². The minimum absolute atomic E-state index is 0.507. The number of hydrogen-bond acceptors (Lipinski definition) is 5. The molecule has 1 aromatic carbocycles. The van der Waals surface area contributed by atoms with Crippen LogP contribution in [0.5, 0.6) is 0 Å². The first-order valence-electron chi connectivity index (χ1n) is 6.00. The van der Waals surface area contributed by atoms with Crippen LogP contribution in [0.4, 0.5) is 17.3 Å². The second-order valence-corrected chi connectivity index (χ2v) is 4.13. The van der Waals surface area contributed by atoms with Gasteiger partial charge in [-0.3, -0.25) is 0 Å². The highest BCUT2D eigenvalue weighted by atomic mass is 15.2. The molecule has 2 rings (SSSR count). The maximum Gasteiger partial charge on any atom is 0.141 e. The first-order chi connectivity index (χ1) is 9.17. The lowest BCUT2D eigenvalue weighted by Gasteiger charge is -2.21. The van der Waals surface area contributed by atoms with Gasteiger partial charge in [-0.1, -0.05) is 6.92 Å². The quantitative estimate of drug-likeness (QED) is 0.907. The van der Waals surface area contributed by atoms with E-state index in [1.165, 1.54) is 6.33 Å². The van der Waals surface area contributed by atoms with Crippen molar-refractivity contribution < 1.29 is 0 Å². The highest BCUT2D eigenvalue weighted by Crippen LogP contribution is 2.27. The first kappa shape index (κ1) is 12.8. The Morgan fingerprint density at radius 3 is 2.53 bits per heavy atom. The summed E-state index contributed by atoms with van der Waals surface area (Å²) in [4.78, 5) is 10.3. The smallest absolute Gasteiger partial charge is 0.141 e. The van der Waals surface area contributed by atoms with E-state index in [0.717, 1.165) is 23.5 Å². The molecule has 0 spiro atoms. The van der Waals surface area contributed by atoms with Crippen molar-refractivity contribution in [3.8, 4) is 6.07 Å². The standard InChI is InChI=1S/C14H15N5/c1-3-12-13(16)17-9-18-14(12)19(2)11-6-4-10(8-15)5-7-11/h4-7,9H,3H2,1-2H3,(H2,16,17,18). The van der Waals surface area contributed by atoms with Crippen LogP contribution in [-0.2, 0) is 6.42 Å². The number of anilines is 3. The average molecular weight is 253 g/mol. The Labute approximate surface area is 112 Å². The fraction of sp³-hybridized carbons (Fsp3) is 0.214. The van der Waals surface area contributed by atoms with Crippen molar-refractivity contribution in [3.05, 3.63) is 41.7 Å². The van der Waals surface area contributed by atoms with Gasteiger partial charge < -0.3 is 10.6 Å². The summed E-state index contributed by atoms with van der Waals surface area (Å²) in [5.41, 5.74) is 8.38. The Morgan fingerprint density at radius 1 is 1.26 bits per heavy atom. The number of nitrogens with two attached hydrogens (primary N) is 1. The van der Waals surface area contributed by atoms with Crippen molar-refractivity contribution in [3.63, 3.8) is 0 Å². The molecule has 0 aliphatic heterocycles. The van der Waals surface area contributed by atoms with Crippen molar-refractivity contribution in [2.45, 2.75) is 13.3 Å². The van der Waals surface area contributed by atoms with E-state index in [2.05, 4.69) is 16.0 Å². The SMILES string of the molecule is CCc1c(N)ncnc1N(C)c1ccc(C#N)cc1. The molecule has 0 aliphatic rings. The molecular formula is C14H15N5. The van der Waals surface area contributed by atoms with Crippen LogP contribution >= 0.6 is 0 Å². The molecular weight excluding hydrogens is 238 g/mol. The lowest BCUT2D eigenvalue weighted by Crippen LogP contribution is -2.15. The number of benzene rings is 1. The third kappa shape index (κ3) is 2.47. The zero-order chi connectivity index (χ0) is 13.8. The Balaban J connectivity index is 2.41. The van der Waals surface area contributed by atoms with E-state index < -0.39 is 0 Å².